The minimum Gasteiger partial charge on any atom is -0.477 e. The van der Waals surface area contributed by atoms with Crippen LogP contribution in [0.5, 0.6) is 0 Å². The van der Waals surface area contributed by atoms with Crippen LogP contribution in [0.2, 0.25) is 0 Å². The smallest absolute Gasteiger partial charge is 0.347 e. The van der Waals surface area contributed by atoms with Gasteiger partial charge in [-0.1, -0.05) is 0 Å². The quantitative estimate of drug-likeness (QED) is 0.882. The zero-order valence-electron chi connectivity index (χ0n) is 10.8. The van der Waals surface area contributed by atoms with E-state index in [-0.39, 0.29) is 9.77 Å². The van der Waals surface area contributed by atoms with E-state index in [4.69, 9.17) is 5.11 Å². The number of carbonyl (C=O) groups is 1. The summed E-state index contributed by atoms with van der Waals surface area (Å²) < 4.78 is 27.0. The van der Waals surface area contributed by atoms with Gasteiger partial charge in [0.05, 0.1) is 6.04 Å². The van der Waals surface area contributed by atoms with Crippen LogP contribution in [0.1, 0.15) is 32.4 Å². The number of aryl methyl sites for hydroxylation is 1. The molecule has 0 aromatic carbocycles. The summed E-state index contributed by atoms with van der Waals surface area (Å²) in [5.74, 6) is -1.24. The lowest BCUT2D eigenvalue weighted by atomic mass is 10.3. The van der Waals surface area contributed by atoms with Crippen molar-refractivity contribution in [3.63, 3.8) is 0 Å². The first-order valence-corrected chi connectivity index (χ1v) is 8.88. The Morgan fingerprint density at radius 3 is 2.60 bits per heavy atom. The molecule has 0 bridgehead atoms. The SMILES string of the molecule is Cc1ccc(C(C)NS(=O)(=O)c2ccsc2C(=O)O)s1. The topological polar surface area (TPSA) is 83.5 Å². The predicted molar refractivity (Wildman–Crippen MR) is 79.1 cm³/mol. The Bertz CT molecular complexity index is 729. The van der Waals surface area contributed by atoms with Crippen molar-refractivity contribution in [1.82, 2.24) is 4.72 Å². The minimum absolute atomic E-state index is 0.174. The number of rotatable bonds is 5. The van der Waals surface area contributed by atoms with Crippen LogP contribution >= 0.6 is 22.7 Å². The van der Waals surface area contributed by atoms with E-state index in [2.05, 4.69) is 4.72 Å². The van der Waals surface area contributed by atoms with Gasteiger partial charge in [0.15, 0.2) is 0 Å². The van der Waals surface area contributed by atoms with Crippen molar-refractivity contribution in [3.05, 3.63) is 38.2 Å². The molecular formula is C12H13NO4S3. The first-order chi connectivity index (χ1) is 9.31. The van der Waals surface area contributed by atoms with E-state index in [1.54, 1.807) is 6.92 Å². The lowest BCUT2D eigenvalue weighted by Crippen LogP contribution is -2.27. The van der Waals surface area contributed by atoms with E-state index in [1.807, 2.05) is 19.1 Å². The van der Waals surface area contributed by atoms with Gasteiger partial charge in [-0.05, 0) is 37.4 Å². The van der Waals surface area contributed by atoms with Crippen LogP contribution in [0.3, 0.4) is 0 Å². The zero-order valence-corrected chi connectivity index (χ0v) is 13.2. The molecule has 0 radical (unpaired) electrons. The van der Waals surface area contributed by atoms with E-state index in [0.717, 1.165) is 21.1 Å². The van der Waals surface area contributed by atoms with E-state index in [9.17, 15) is 13.2 Å². The molecule has 2 aromatic rings. The zero-order chi connectivity index (χ0) is 14.9. The highest BCUT2D eigenvalue weighted by Gasteiger charge is 2.26. The molecule has 1 atom stereocenters. The third kappa shape index (κ3) is 3.09. The van der Waals surface area contributed by atoms with Crippen LogP contribution < -0.4 is 4.72 Å². The normalized spacial score (nSPS) is 13.3. The summed E-state index contributed by atoms with van der Waals surface area (Å²) in [6, 6.07) is 4.68. The molecule has 2 rings (SSSR count). The fraction of sp³-hybridized carbons (Fsp3) is 0.250. The molecule has 0 fully saturated rings. The summed E-state index contributed by atoms with van der Waals surface area (Å²) >= 11 is 2.40. The standard InChI is InChI=1S/C12H13NO4S3/c1-7-3-4-9(19-7)8(2)13-20(16,17)10-5-6-18-11(10)12(14)15/h3-6,8,13H,1-2H3,(H,14,15). The molecule has 1 unspecified atom stereocenters. The molecule has 0 saturated carbocycles. The number of sulfonamides is 1. The summed E-state index contributed by atoms with van der Waals surface area (Å²) in [4.78, 5) is 12.6. The number of aromatic carboxylic acids is 1. The highest BCUT2D eigenvalue weighted by molar-refractivity contribution is 7.89. The van der Waals surface area contributed by atoms with Crippen LogP contribution in [0.4, 0.5) is 0 Å². The summed E-state index contributed by atoms with van der Waals surface area (Å²) in [5, 5.41) is 10.4. The van der Waals surface area contributed by atoms with Gasteiger partial charge in [0, 0.05) is 9.75 Å². The molecule has 108 valence electrons. The molecule has 0 aliphatic rings. The van der Waals surface area contributed by atoms with E-state index in [1.165, 1.54) is 22.8 Å². The van der Waals surface area contributed by atoms with Crippen LogP contribution in [-0.2, 0) is 10.0 Å². The molecule has 0 aliphatic carbocycles. The van der Waals surface area contributed by atoms with Crippen molar-refractivity contribution in [2.24, 2.45) is 0 Å². The molecule has 0 aliphatic heterocycles. The second-order valence-corrected chi connectivity index (χ2v) is 8.13. The van der Waals surface area contributed by atoms with Crippen molar-refractivity contribution >= 4 is 38.7 Å². The van der Waals surface area contributed by atoms with Gasteiger partial charge in [-0.3, -0.25) is 0 Å². The fourth-order valence-corrected chi connectivity index (χ4v) is 5.14. The maximum absolute atomic E-state index is 12.2. The first-order valence-electron chi connectivity index (χ1n) is 5.70. The molecule has 8 heteroatoms. The van der Waals surface area contributed by atoms with Gasteiger partial charge in [-0.25, -0.2) is 17.9 Å². The summed E-state index contributed by atoms with van der Waals surface area (Å²) in [5.41, 5.74) is 0. The first kappa shape index (κ1) is 15.2. The molecular weight excluding hydrogens is 318 g/mol. The molecule has 20 heavy (non-hydrogen) atoms. The molecule has 2 N–H and O–H groups in total. The Labute approximate surface area is 124 Å². The minimum atomic E-state index is -3.84. The lowest BCUT2D eigenvalue weighted by molar-refractivity contribution is 0.0698. The third-order valence-corrected chi connectivity index (χ3v) is 6.43. The summed E-state index contributed by atoms with van der Waals surface area (Å²) in [6.45, 7) is 3.67. The Kier molecular flexibility index (Phi) is 4.28. The molecule has 0 spiro atoms. The van der Waals surface area contributed by atoms with Gasteiger partial charge in [-0.15, -0.1) is 22.7 Å². The number of nitrogens with one attached hydrogen (secondary N) is 1. The van der Waals surface area contributed by atoms with Gasteiger partial charge in [0.1, 0.15) is 9.77 Å². The van der Waals surface area contributed by atoms with Crippen LogP contribution in [0.25, 0.3) is 0 Å². The third-order valence-electron chi connectivity index (χ3n) is 2.63. The van der Waals surface area contributed by atoms with E-state index < -0.39 is 22.0 Å². The molecule has 2 aromatic heterocycles. The van der Waals surface area contributed by atoms with Gasteiger partial charge < -0.3 is 5.11 Å². The summed E-state index contributed by atoms with van der Waals surface area (Å²) in [6.07, 6.45) is 0. The largest absolute Gasteiger partial charge is 0.477 e. The second-order valence-electron chi connectivity index (χ2n) is 4.21. The predicted octanol–water partition coefficient (Wildman–Crippen LogP) is 2.86. The van der Waals surface area contributed by atoms with Gasteiger partial charge in [0.2, 0.25) is 10.0 Å². The Hall–Kier alpha value is -1.22. The van der Waals surface area contributed by atoms with Crippen molar-refractivity contribution in [3.8, 4) is 0 Å². The number of hydrogen-bond acceptors (Lipinski definition) is 5. The highest BCUT2D eigenvalue weighted by atomic mass is 32.2. The van der Waals surface area contributed by atoms with Crippen molar-refractivity contribution in [2.45, 2.75) is 24.8 Å². The number of thiophene rings is 2. The monoisotopic (exact) mass is 331 g/mol. The number of carboxylic acids is 1. The molecule has 5 nitrogen and oxygen atoms in total. The van der Waals surface area contributed by atoms with E-state index >= 15 is 0 Å². The Balaban J connectivity index is 2.27. The number of hydrogen-bond donors (Lipinski definition) is 2. The number of carboxylic acid groups (broad SMARTS) is 1. The molecule has 2 heterocycles. The van der Waals surface area contributed by atoms with Crippen molar-refractivity contribution < 1.29 is 18.3 Å². The highest BCUT2D eigenvalue weighted by Crippen LogP contribution is 2.26. The Morgan fingerprint density at radius 2 is 2.05 bits per heavy atom. The second kappa shape index (κ2) is 5.65. The fourth-order valence-electron chi connectivity index (χ4n) is 1.71. The van der Waals surface area contributed by atoms with Crippen molar-refractivity contribution in [1.29, 1.82) is 0 Å². The Morgan fingerprint density at radius 1 is 1.35 bits per heavy atom. The van der Waals surface area contributed by atoms with Gasteiger partial charge in [-0.2, -0.15) is 0 Å². The van der Waals surface area contributed by atoms with E-state index in [0.29, 0.717) is 0 Å². The molecule has 0 saturated heterocycles. The lowest BCUT2D eigenvalue weighted by Gasteiger charge is -2.12. The maximum Gasteiger partial charge on any atom is 0.347 e. The maximum atomic E-state index is 12.2. The summed E-state index contributed by atoms with van der Waals surface area (Å²) in [7, 11) is -3.84. The van der Waals surface area contributed by atoms with Crippen LogP contribution in [0, 0.1) is 6.92 Å². The molecule has 0 amide bonds. The van der Waals surface area contributed by atoms with Crippen molar-refractivity contribution in [2.75, 3.05) is 0 Å². The van der Waals surface area contributed by atoms with Gasteiger partial charge >= 0.3 is 5.97 Å². The van der Waals surface area contributed by atoms with Crippen LogP contribution in [0.15, 0.2) is 28.5 Å². The average Bonchev–Trinajstić information content (AvgIpc) is 2.96. The van der Waals surface area contributed by atoms with Crippen LogP contribution in [-0.4, -0.2) is 19.5 Å². The average molecular weight is 331 g/mol. The van der Waals surface area contributed by atoms with Gasteiger partial charge in [0.25, 0.3) is 0 Å².